The number of rotatable bonds is 5. The van der Waals surface area contributed by atoms with Crippen molar-refractivity contribution in [3.8, 4) is 0 Å². The van der Waals surface area contributed by atoms with E-state index in [0.717, 1.165) is 0 Å². The van der Waals surface area contributed by atoms with Gasteiger partial charge in [-0.15, -0.1) is 0 Å². The molecule has 17 heavy (non-hydrogen) atoms. The van der Waals surface area contributed by atoms with Gasteiger partial charge in [0.05, 0.1) is 17.6 Å². The van der Waals surface area contributed by atoms with Crippen molar-refractivity contribution < 1.29 is 15.1 Å². The number of anilines is 1. The predicted octanol–water partition coefficient (Wildman–Crippen LogP) is 1.12. The fourth-order valence-corrected chi connectivity index (χ4v) is 1.65. The number of benzene rings is 1. The van der Waals surface area contributed by atoms with Crippen molar-refractivity contribution in [2.75, 3.05) is 12.3 Å². The van der Waals surface area contributed by atoms with Crippen molar-refractivity contribution in [3.05, 3.63) is 32.8 Å². The lowest BCUT2D eigenvalue weighted by atomic mass is 10.1. The molecule has 0 spiro atoms. The second-order valence-electron chi connectivity index (χ2n) is 3.63. The van der Waals surface area contributed by atoms with Crippen LogP contribution in [0.4, 0.5) is 11.4 Å². The maximum atomic E-state index is 10.7. The fraction of sp³-hybridized carbons (Fsp3) is 0.400. The molecule has 94 valence electrons. The van der Waals surface area contributed by atoms with E-state index in [4.69, 9.17) is 22.4 Å². The summed E-state index contributed by atoms with van der Waals surface area (Å²) in [6.45, 7) is -0.352. The minimum absolute atomic E-state index is 0.00598. The molecule has 6 nitrogen and oxygen atoms in total. The van der Waals surface area contributed by atoms with Crippen LogP contribution >= 0.6 is 11.6 Å². The number of nitro groups is 1. The molecule has 1 rings (SSSR count). The van der Waals surface area contributed by atoms with Crippen molar-refractivity contribution in [3.63, 3.8) is 0 Å². The average Bonchev–Trinajstić information content (AvgIpc) is 2.26. The molecule has 1 unspecified atom stereocenters. The minimum atomic E-state index is -0.859. The maximum Gasteiger partial charge on any atom is 0.292 e. The molecule has 0 aromatic heterocycles. The standard InChI is InChI=1S/C10H13ClN2O4/c11-8-4-9(12)10(13(16)17)3-6(8)1-2-7(15)5-14/h3-4,7,14-15H,1-2,5,12H2. The molecule has 0 saturated carbocycles. The number of nitrogens with zero attached hydrogens (tertiary/aromatic N) is 1. The second-order valence-corrected chi connectivity index (χ2v) is 4.04. The maximum absolute atomic E-state index is 10.7. The van der Waals surface area contributed by atoms with Crippen LogP contribution in [0.5, 0.6) is 0 Å². The molecule has 7 heteroatoms. The number of hydrogen-bond donors (Lipinski definition) is 3. The summed E-state index contributed by atoms with van der Waals surface area (Å²) >= 11 is 5.89. The third kappa shape index (κ3) is 3.55. The molecule has 0 radical (unpaired) electrons. The molecule has 0 heterocycles. The van der Waals surface area contributed by atoms with E-state index < -0.39 is 11.0 Å². The number of hydrogen-bond acceptors (Lipinski definition) is 5. The third-order valence-corrected chi connectivity index (χ3v) is 2.70. The van der Waals surface area contributed by atoms with Crippen molar-refractivity contribution in [1.82, 2.24) is 0 Å². The molecule has 0 aliphatic heterocycles. The van der Waals surface area contributed by atoms with Gasteiger partial charge in [-0.05, 0) is 24.5 Å². The van der Waals surface area contributed by atoms with E-state index in [1.54, 1.807) is 0 Å². The summed E-state index contributed by atoms with van der Waals surface area (Å²) in [6, 6.07) is 2.61. The number of aliphatic hydroxyl groups is 2. The van der Waals surface area contributed by atoms with Gasteiger partial charge in [-0.3, -0.25) is 10.1 Å². The molecule has 4 N–H and O–H groups in total. The molecule has 0 fully saturated rings. The zero-order chi connectivity index (χ0) is 13.0. The summed E-state index contributed by atoms with van der Waals surface area (Å²) in [5.74, 6) is 0. The Bertz CT molecular complexity index is 425. The monoisotopic (exact) mass is 260 g/mol. The van der Waals surface area contributed by atoms with Crippen molar-refractivity contribution >= 4 is 23.0 Å². The molecule has 1 aromatic rings. The molecular weight excluding hydrogens is 248 g/mol. The van der Waals surface area contributed by atoms with E-state index in [2.05, 4.69) is 0 Å². The van der Waals surface area contributed by atoms with Crippen LogP contribution in [-0.4, -0.2) is 27.8 Å². The highest BCUT2D eigenvalue weighted by molar-refractivity contribution is 6.31. The summed E-state index contributed by atoms with van der Waals surface area (Å²) in [5, 5.41) is 28.8. The average molecular weight is 261 g/mol. The Morgan fingerprint density at radius 1 is 1.53 bits per heavy atom. The Balaban J connectivity index is 2.92. The van der Waals surface area contributed by atoms with E-state index in [1.807, 2.05) is 0 Å². The van der Waals surface area contributed by atoms with Crippen LogP contribution in [0.2, 0.25) is 5.02 Å². The van der Waals surface area contributed by atoms with Gasteiger partial charge in [0.1, 0.15) is 5.69 Å². The largest absolute Gasteiger partial charge is 0.394 e. The topological polar surface area (TPSA) is 110 Å². The zero-order valence-corrected chi connectivity index (χ0v) is 9.72. The van der Waals surface area contributed by atoms with Gasteiger partial charge in [0, 0.05) is 11.1 Å². The van der Waals surface area contributed by atoms with E-state index in [-0.39, 0.29) is 24.4 Å². The van der Waals surface area contributed by atoms with Crippen LogP contribution in [0.25, 0.3) is 0 Å². The lowest BCUT2D eigenvalue weighted by molar-refractivity contribution is -0.384. The predicted molar refractivity (Wildman–Crippen MR) is 63.9 cm³/mol. The number of halogens is 1. The van der Waals surface area contributed by atoms with E-state index in [1.165, 1.54) is 12.1 Å². The molecule has 1 aromatic carbocycles. The number of aryl methyl sites for hydroxylation is 1. The Hall–Kier alpha value is -1.37. The number of aliphatic hydroxyl groups excluding tert-OH is 2. The van der Waals surface area contributed by atoms with Crippen LogP contribution in [0.1, 0.15) is 12.0 Å². The molecule has 0 aliphatic carbocycles. The Labute approximate surface area is 103 Å². The van der Waals surface area contributed by atoms with Gasteiger partial charge in [-0.2, -0.15) is 0 Å². The summed E-state index contributed by atoms with van der Waals surface area (Å²) in [4.78, 5) is 10.1. The highest BCUT2D eigenvalue weighted by Gasteiger charge is 2.15. The van der Waals surface area contributed by atoms with Gasteiger partial charge in [0.25, 0.3) is 5.69 Å². The lowest BCUT2D eigenvalue weighted by Crippen LogP contribution is -2.12. The first-order valence-electron chi connectivity index (χ1n) is 4.97. The third-order valence-electron chi connectivity index (χ3n) is 2.35. The Morgan fingerprint density at radius 3 is 2.71 bits per heavy atom. The van der Waals surface area contributed by atoms with Gasteiger partial charge < -0.3 is 15.9 Å². The van der Waals surface area contributed by atoms with E-state index in [9.17, 15) is 15.2 Å². The van der Waals surface area contributed by atoms with Gasteiger partial charge in [0.2, 0.25) is 0 Å². The first-order valence-corrected chi connectivity index (χ1v) is 5.34. The number of nitrogen functional groups attached to an aromatic ring is 1. The van der Waals surface area contributed by atoms with Crippen molar-refractivity contribution in [2.45, 2.75) is 18.9 Å². The van der Waals surface area contributed by atoms with Crippen molar-refractivity contribution in [2.24, 2.45) is 0 Å². The molecule has 1 atom stereocenters. The van der Waals surface area contributed by atoms with Crippen LogP contribution in [0, 0.1) is 10.1 Å². The smallest absolute Gasteiger partial charge is 0.292 e. The van der Waals surface area contributed by atoms with Gasteiger partial charge in [-0.1, -0.05) is 11.6 Å². The lowest BCUT2D eigenvalue weighted by Gasteiger charge is -2.09. The van der Waals surface area contributed by atoms with Gasteiger partial charge >= 0.3 is 0 Å². The van der Waals surface area contributed by atoms with Crippen LogP contribution in [0.15, 0.2) is 12.1 Å². The fourth-order valence-electron chi connectivity index (χ4n) is 1.38. The quantitative estimate of drug-likeness (QED) is 0.417. The molecular formula is C10H13ClN2O4. The van der Waals surface area contributed by atoms with E-state index >= 15 is 0 Å². The number of nitrogens with two attached hydrogens (primary N) is 1. The SMILES string of the molecule is Nc1cc(Cl)c(CCC(O)CO)cc1[N+](=O)[O-]. The van der Waals surface area contributed by atoms with Gasteiger partial charge in [-0.25, -0.2) is 0 Å². The number of nitro benzene ring substituents is 1. The first kappa shape index (κ1) is 13.7. The highest BCUT2D eigenvalue weighted by atomic mass is 35.5. The van der Waals surface area contributed by atoms with Crippen LogP contribution in [-0.2, 0) is 6.42 Å². The summed E-state index contributed by atoms with van der Waals surface area (Å²) in [7, 11) is 0. The molecule has 0 amide bonds. The minimum Gasteiger partial charge on any atom is -0.394 e. The summed E-state index contributed by atoms with van der Waals surface area (Å²) < 4.78 is 0. The molecule has 0 aliphatic rings. The van der Waals surface area contributed by atoms with Gasteiger partial charge in [0.15, 0.2) is 0 Å². The molecule has 0 bridgehead atoms. The highest BCUT2D eigenvalue weighted by Crippen LogP contribution is 2.29. The first-order chi connectivity index (χ1) is 7.95. The molecule has 0 saturated heterocycles. The summed E-state index contributed by atoms with van der Waals surface area (Å²) in [5.41, 5.74) is 5.79. The second kappa shape index (κ2) is 5.81. The van der Waals surface area contributed by atoms with Crippen LogP contribution < -0.4 is 5.73 Å². The van der Waals surface area contributed by atoms with Crippen LogP contribution in [0.3, 0.4) is 0 Å². The Kier molecular flexibility index (Phi) is 4.68. The normalized spacial score (nSPS) is 12.4. The summed E-state index contributed by atoms with van der Waals surface area (Å²) in [6.07, 6.45) is -0.249. The van der Waals surface area contributed by atoms with Crippen molar-refractivity contribution in [1.29, 1.82) is 0 Å². The van der Waals surface area contributed by atoms with E-state index in [0.29, 0.717) is 17.0 Å². The Morgan fingerprint density at radius 2 is 2.18 bits per heavy atom. The zero-order valence-electron chi connectivity index (χ0n) is 8.97.